The first-order valence-corrected chi connectivity index (χ1v) is 8.04. The van der Waals surface area contributed by atoms with Gasteiger partial charge in [0, 0.05) is 11.6 Å². The van der Waals surface area contributed by atoms with Crippen LogP contribution in [0.15, 0.2) is 54.7 Å². The first-order chi connectivity index (χ1) is 12.0. The van der Waals surface area contributed by atoms with Gasteiger partial charge < -0.3 is 9.47 Å². The topological polar surface area (TPSA) is 57.5 Å². The van der Waals surface area contributed by atoms with Gasteiger partial charge >= 0.3 is 5.97 Å². The third kappa shape index (κ3) is 3.23. The van der Waals surface area contributed by atoms with Crippen LogP contribution >= 0.6 is 11.6 Å². The van der Waals surface area contributed by atoms with Gasteiger partial charge in [0.2, 0.25) is 0 Å². The lowest BCUT2D eigenvalue weighted by molar-refractivity contribution is 0.0602. The number of benzene rings is 2. The van der Waals surface area contributed by atoms with Crippen molar-refractivity contribution in [1.82, 2.24) is 4.57 Å². The Morgan fingerprint density at radius 1 is 1.08 bits per heavy atom. The smallest absolute Gasteiger partial charge is 0.340 e. The van der Waals surface area contributed by atoms with Crippen molar-refractivity contribution < 1.29 is 19.1 Å². The van der Waals surface area contributed by atoms with E-state index >= 15 is 0 Å². The molecule has 0 saturated carbocycles. The molecule has 3 aromatic rings. The Hall–Kier alpha value is -2.79. The van der Waals surface area contributed by atoms with E-state index < -0.39 is 12.1 Å². The average molecular weight is 358 g/mol. The number of aromatic nitrogens is 1. The van der Waals surface area contributed by atoms with Gasteiger partial charge in [0.05, 0.1) is 23.2 Å². The zero-order valence-corrected chi connectivity index (χ0v) is 14.5. The van der Waals surface area contributed by atoms with Gasteiger partial charge in [-0.1, -0.05) is 41.9 Å². The third-order valence-electron chi connectivity index (χ3n) is 3.84. The van der Waals surface area contributed by atoms with E-state index in [0.717, 1.165) is 0 Å². The van der Waals surface area contributed by atoms with Crippen LogP contribution in [0.25, 0.3) is 10.9 Å². The molecule has 0 N–H and O–H groups in total. The van der Waals surface area contributed by atoms with E-state index in [0.29, 0.717) is 27.2 Å². The third-order valence-corrected chi connectivity index (χ3v) is 4.16. The SMILES string of the molecule is COC(=O)c1cn(C(=O)[C@@H](C)Oc2ccccc2Cl)c2ccccc12. The zero-order chi connectivity index (χ0) is 18.0. The van der Waals surface area contributed by atoms with E-state index in [9.17, 15) is 9.59 Å². The van der Waals surface area contributed by atoms with E-state index in [1.807, 2.05) is 0 Å². The lowest BCUT2D eigenvalue weighted by Gasteiger charge is -2.15. The normalized spacial score (nSPS) is 12.0. The maximum absolute atomic E-state index is 12.8. The highest BCUT2D eigenvalue weighted by molar-refractivity contribution is 6.32. The summed E-state index contributed by atoms with van der Waals surface area (Å²) in [6.45, 7) is 1.64. The van der Waals surface area contributed by atoms with Gasteiger partial charge in [0.1, 0.15) is 5.75 Å². The number of hydrogen-bond donors (Lipinski definition) is 0. The Balaban J connectivity index is 1.97. The van der Waals surface area contributed by atoms with Crippen LogP contribution in [-0.2, 0) is 4.74 Å². The lowest BCUT2D eigenvalue weighted by Crippen LogP contribution is -2.28. The summed E-state index contributed by atoms with van der Waals surface area (Å²) in [7, 11) is 1.30. The fraction of sp³-hybridized carbons (Fsp3) is 0.158. The van der Waals surface area contributed by atoms with Crippen LogP contribution in [0.5, 0.6) is 5.75 Å². The molecule has 0 bridgehead atoms. The molecule has 128 valence electrons. The molecular weight excluding hydrogens is 342 g/mol. The van der Waals surface area contributed by atoms with Gasteiger partial charge in [-0.15, -0.1) is 0 Å². The maximum Gasteiger partial charge on any atom is 0.340 e. The van der Waals surface area contributed by atoms with E-state index in [-0.39, 0.29) is 5.91 Å². The Morgan fingerprint density at radius 2 is 1.76 bits per heavy atom. The number of nitrogens with zero attached hydrogens (tertiary/aromatic N) is 1. The van der Waals surface area contributed by atoms with Crippen molar-refractivity contribution in [2.24, 2.45) is 0 Å². The fourth-order valence-electron chi connectivity index (χ4n) is 2.61. The number of para-hydroxylation sites is 2. The summed E-state index contributed by atoms with van der Waals surface area (Å²) in [5.41, 5.74) is 0.943. The minimum absolute atomic E-state index is 0.314. The zero-order valence-electron chi connectivity index (χ0n) is 13.7. The van der Waals surface area contributed by atoms with Gasteiger partial charge in [-0.2, -0.15) is 0 Å². The molecule has 0 spiro atoms. The predicted octanol–water partition coefficient (Wildman–Crippen LogP) is 4.19. The first-order valence-electron chi connectivity index (χ1n) is 7.66. The number of carbonyl (C=O) groups excluding carboxylic acids is 2. The summed E-state index contributed by atoms with van der Waals surface area (Å²) in [6.07, 6.45) is 0.687. The van der Waals surface area contributed by atoms with Crippen molar-refractivity contribution in [2.45, 2.75) is 13.0 Å². The molecule has 1 atom stereocenters. The van der Waals surface area contributed by atoms with Crippen LogP contribution in [0.4, 0.5) is 0 Å². The molecule has 6 heteroatoms. The Bertz CT molecular complexity index is 948. The number of methoxy groups -OCH3 is 1. The standard InChI is InChI=1S/C19H16ClNO4/c1-12(25-17-10-6-4-8-15(17)20)18(22)21-11-14(19(23)24-2)13-7-3-5-9-16(13)21/h3-12H,1-2H3/t12-/m1/s1. The largest absolute Gasteiger partial charge is 0.479 e. The molecule has 0 unspecified atom stereocenters. The Morgan fingerprint density at radius 3 is 2.48 bits per heavy atom. The second kappa shape index (κ2) is 6.99. The molecule has 3 rings (SSSR count). The molecule has 0 saturated heterocycles. The fourth-order valence-corrected chi connectivity index (χ4v) is 2.79. The first kappa shape index (κ1) is 17.0. The molecule has 0 aliphatic carbocycles. The second-order valence-electron chi connectivity index (χ2n) is 5.45. The second-order valence-corrected chi connectivity index (χ2v) is 5.86. The van der Waals surface area contributed by atoms with Crippen LogP contribution in [-0.4, -0.2) is 29.7 Å². The molecule has 0 radical (unpaired) electrons. The number of rotatable bonds is 4. The van der Waals surface area contributed by atoms with Gasteiger partial charge in [-0.05, 0) is 25.1 Å². The summed E-state index contributed by atoms with van der Waals surface area (Å²) in [4.78, 5) is 24.8. The molecule has 0 aliphatic rings. The van der Waals surface area contributed by atoms with Crippen molar-refractivity contribution >= 4 is 34.4 Å². The van der Waals surface area contributed by atoms with Gasteiger partial charge in [-0.3, -0.25) is 9.36 Å². The number of hydrogen-bond acceptors (Lipinski definition) is 4. The minimum atomic E-state index is -0.791. The van der Waals surface area contributed by atoms with Gasteiger partial charge in [0.15, 0.2) is 6.10 Å². The highest BCUT2D eigenvalue weighted by Gasteiger charge is 2.23. The number of halogens is 1. The van der Waals surface area contributed by atoms with Gasteiger partial charge in [-0.25, -0.2) is 4.79 Å². The minimum Gasteiger partial charge on any atom is -0.479 e. The van der Waals surface area contributed by atoms with Crippen molar-refractivity contribution in [3.05, 3.63) is 65.3 Å². The molecule has 1 aromatic heterocycles. The van der Waals surface area contributed by atoms with Gasteiger partial charge in [0.25, 0.3) is 5.91 Å². The number of carbonyl (C=O) groups is 2. The Kier molecular flexibility index (Phi) is 4.76. The summed E-state index contributed by atoms with van der Waals surface area (Å²) in [6, 6.07) is 14.1. The highest BCUT2D eigenvalue weighted by Crippen LogP contribution is 2.26. The van der Waals surface area contributed by atoms with Crippen LogP contribution in [0, 0.1) is 0 Å². The van der Waals surface area contributed by atoms with Crippen LogP contribution < -0.4 is 4.74 Å². The highest BCUT2D eigenvalue weighted by atomic mass is 35.5. The number of esters is 1. The quantitative estimate of drug-likeness (QED) is 0.657. The van der Waals surface area contributed by atoms with E-state index in [1.165, 1.54) is 17.9 Å². The lowest BCUT2D eigenvalue weighted by atomic mass is 10.2. The summed E-state index contributed by atoms with van der Waals surface area (Å²) in [5, 5.41) is 1.07. The molecule has 0 fully saturated rings. The van der Waals surface area contributed by atoms with E-state index in [2.05, 4.69) is 0 Å². The molecule has 25 heavy (non-hydrogen) atoms. The molecule has 0 amide bonds. The van der Waals surface area contributed by atoms with E-state index in [4.69, 9.17) is 21.1 Å². The van der Waals surface area contributed by atoms with Crippen LogP contribution in [0.1, 0.15) is 22.1 Å². The average Bonchev–Trinajstić information content (AvgIpc) is 3.02. The molecule has 2 aromatic carbocycles. The summed E-state index contributed by atoms with van der Waals surface area (Å²) < 4.78 is 11.9. The number of ether oxygens (including phenoxy) is 2. The van der Waals surface area contributed by atoms with Crippen LogP contribution in [0.2, 0.25) is 5.02 Å². The Labute approximate surface area is 149 Å². The van der Waals surface area contributed by atoms with Crippen molar-refractivity contribution in [3.8, 4) is 5.75 Å². The maximum atomic E-state index is 12.8. The molecule has 0 aliphatic heterocycles. The molecule has 1 heterocycles. The van der Waals surface area contributed by atoms with E-state index in [1.54, 1.807) is 55.5 Å². The molecule has 5 nitrogen and oxygen atoms in total. The van der Waals surface area contributed by atoms with Crippen molar-refractivity contribution in [3.63, 3.8) is 0 Å². The summed E-state index contributed by atoms with van der Waals surface area (Å²) in [5.74, 6) is -0.386. The van der Waals surface area contributed by atoms with Crippen molar-refractivity contribution in [2.75, 3.05) is 7.11 Å². The monoisotopic (exact) mass is 357 g/mol. The number of fused-ring (bicyclic) bond motifs is 1. The molecular formula is C19H16ClNO4. The van der Waals surface area contributed by atoms with Crippen molar-refractivity contribution in [1.29, 1.82) is 0 Å². The predicted molar refractivity (Wildman–Crippen MR) is 95.4 cm³/mol. The van der Waals surface area contributed by atoms with Crippen LogP contribution in [0.3, 0.4) is 0 Å². The summed E-state index contributed by atoms with van der Waals surface area (Å²) >= 11 is 6.07.